The van der Waals surface area contributed by atoms with E-state index in [2.05, 4.69) is 4.74 Å². The minimum absolute atomic E-state index is 0.0138. The van der Waals surface area contributed by atoms with Crippen LogP contribution in [0.1, 0.15) is 10.4 Å². The fourth-order valence-corrected chi connectivity index (χ4v) is 1.17. The molecule has 0 radical (unpaired) electrons. The Bertz CT molecular complexity index is 444. The monoisotopic (exact) mass is 226 g/mol. The number of methoxy groups -OCH3 is 2. The Balaban J connectivity index is 3.41. The van der Waals surface area contributed by atoms with E-state index in [0.717, 1.165) is 19.2 Å². The first-order valence-corrected chi connectivity index (χ1v) is 4.21. The first kappa shape index (κ1) is 11.8. The third kappa shape index (κ3) is 2.02. The van der Waals surface area contributed by atoms with Crippen molar-refractivity contribution < 1.29 is 19.2 Å². The van der Waals surface area contributed by atoms with Gasteiger partial charge >= 0.3 is 5.97 Å². The SMILES string of the molecule is COC(=O)c1cc([N+](=O)[O-])cc(OC)c1N. The van der Waals surface area contributed by atoms with Gasteiger partial charge in [0.25, 0.3) is 5.69 Å². The van der Waals surface area contributed by atoms with E-state index in [1.807, 2.05) is 0 Å². The molecule has 0 unspecified atom stereocenters. The Hall–Kier alpha value is -2.31. The zero-order chi connectivity index (χ0) is 12.3. The molecule has 0 bridgehead atoms. The molecule has 0 fully saturated rings. The van der Waals surface area contributed by atoms with Crippen LogP contribution in [0.25, 0.3) is 0 Å². The quantitative estimate of drug-likeness (QED) is 0.356. The van der Waals surface area contributed by atoms with E-state index in [1.54, 1.807) is 0 Å². The summed E-state index contributed by atoms with van der Waals surface area (Å²) in [7, 11) is 2.46. The van der Waals surface area contributed by atoms with Gasteiger partial charge in [-0.2, -0.15) is 0 Å². The molecule has 0 aromatic heterocycles. The molecule has 0 amide bonds. The summed E-state index contributed by atoms with van der Waals surface area (Å²) in [4.78, 5) is 21.3. The standard InChI is InChI=1S/C9H10N2O5/c1-15-7-4-5(11(13)14)3-6(8(7)10)9(12)16-2/h3-4H,10H2,1-2H3. The largest absolute Gasteiger partial charge is 0.494 e. The number of carbonyl (C=O) groups is 1. The second-order valence-electron chi connectivity index (χ2n) is 2.86. The van der Waals surface area contributed by atoms with Crippen molar-refractivity contribution in [3.05, 3.63) is 27.8 Å². The lowest BCUT2D eigenvalue weighted by Crippen LogP contribution is -2.08. The molecular formula is C9H10N2O5. The highest BCUT2D eigenvalue weighted by molar-refractivity contribution is 5.97. The summed E-state index contributed by atoms with van der Waals surface area (Å²) in [6.45, 7) is 0. The lowest BCUT2D eigenvalue weighted by Gasteiger charge is -2.08. The summed E-state index contributed by atoms with van der Waals surface area (Å²) < 4.78 is 9.29. The second kappa shape index (κ2) is 4.47. The minimum atomic E-state index is -0.750. The van der Waals surface area contributed by atoms with E-state index >= 15 is 0 Å². The molecule has 0 atom stereocenters. The summed E-state index contributed by atoms with van der Waals surface area (Å²) in [5.74, 6) is -0.686. The molecule has 1 rings (SSSR count). The van der Waals surface area contributed by atoms with Crippen molar-refractivity contribution in [2.75, 3.05) is 20.0 Å². The molecule has 0 spiro atoms. The van der Waals surface area contributed by atoms with Crippen LogP contribution in [-0.2, 0) is 4.74 Å². The van der Waals surface area contributed by atoms with E-state index < -0.39 is 10.9 Å². The van der Waals surface area contributed by atoms with Gasteiger partial charge in [0, 0.05) is 6.07 Å². The van der Waals surface area contributed by atoms with Crippen molar-refractivity contribution in [2.45, 2.75) is 0 Å². The van der Waals surface area contributed by atoms with Gasteiger partial charge in [-0.15, -0.1) is 0 Å². The van der Waals surface area contributed by atoms with Crippen LogP contribution >= 0.6 is 0 Å². The Labute approximate surface area is 90.9 Å². The van der Waals surface area contributed by atoms with Crippen molar-refractivity contribution in [1.29, 1.82) is 0 Å². The highest BCUT2D eigenvalue weighted by Crippen LogP contribution is 2.31. The zero-order valence-electron chi connectivity index (χ0n) is 8.72. The molecule has 7 nitrogen and oxygen atoms in total. The van der Waals surface area contributed by atoms with Gasteiger partial charge in [-0.25, -0.2) is 4.79 Å². The fraction of sp³-hybridized carbons (Fsp3) is 0.222. The average Bonchev–Trinajstić information content (AvgIpc) is 2.28. The predicted octanol–water partition coefficient (Wildman–Crippen LogP) is 0.972. The fourth-order valence-electron chi connectivity index (χ4n) is 1.17. The number of non-ortho nitro benzene ring substituents is 1. The molecule has 1 aromatic rings. The third-order valence-electron chi connectivity index (χ3n) is 1.96. The van der Waals surface area contributed by atoms with Crippen molar-refractivity contribution in [2.24, 2.45) is 0 Å². The van der Waals surface area contributed by atoms with Crippen molar-refractivity contribution in [1.82, 2.24) is 0 Å². The maximum absolute atomic E-state index is 11.3. The van der Waals surface area contributed by atoms with Gasteiger partial charge in [-0.3, -0.25) is 10.1 Å². The topological polar surface area (TPSA) is 105 Å². The maximum Gasteiger partial charge on any atom is 0.340 e. The normalized spacial score (nSPS) is 9.62. The van der Waals surface area contributed by atoms with Crippen molar-refractivity contribution >= 4 is 17.3 Å². The van der Waals surface area contributed by atoms with Crippen LogP contribution in [0.2, 0.25) is 0 Å². The summed E-state index contributed by atoms with van der Waals surface area (Å²) in [6.07, 6.45) is 0. The van der Waals surface area contributed by atoms with Gasteiger partial charge in [0.1, 0.15) is 5.75 Å². The molecule has 0 heterocycles. The number of ether oxygens (including phenoxy) is 2. The van der Waals surface area contributed by atoms with Crippen LogP contribution in [0.15, 0.2) is 12.1 Å². The number of nitro groups is 1. The molecule has 0 aliphatic heterocycles. The smallest absolute Gasteiger partial charge is 0.340 e. The number of nitro benzene ring substituents is 1. The lowest BCUT2D eigenvalue weighted by molar-refractivity contribution is -0.384. The van der Waals surface area contributed by atoms with Crippen LogP contribution in [0, 0.1) is 10.1 Å². The molecule has 0 aliphatic carbocycles. The Morgan fingerprint density at radius 1 is 1.44 bits per heavy atom. The van der Waals surface area contributed by atoms with Gasteiger partial charge in [-0.05, 0) is 0 Å². The van der Waals surface area contributed by atoms with Crippen LogP contribution < -0.4 is 10.5 Å². The second-order valence-corrected chi connectivity index (χ2v) is 2.86. The summed E-state index contributed by atoms with van der Waals surface area (Å²) >= 11 is 0. The first-order chi connectivity index (χ1) is 7.51. The van der Waals surface area contributed by atoms with Crippen molar-refractivity contribution in [3.8, 4) is 5.75 Å². The molecule has 0 saturated heterocycles. The van der Waals surface area contributed by atoms with Crippen LogP contribution in [0.3, 0.4) is 0 Å². The number of hydrogen-bond acceptors (Lipinski definition) is 6. The number of rotatable bonds is 3. The first-order valence-electron chi connectivity index (χ1n) is 4.21. The molecular weight excluding hydrogens is 216 g/mol. The van der Waals surface area contributed by atoms with E-state index in [4.69, 9.17) is 10.5 Å². The highest BCUT2D eigenvalue weighted by Gasteiger charge is 2.20. The van der Waals surface area contributed by atoms with Crippen LogP contribution in [0.5, 0.6) is 5.75 Å². The molecule has 0 aliphatic rings. The molecule has 16 heavy (non-hydrogen) atoms. The Morgan fingerprint density at radius 3 is 2.50 bits per heavy atom. The number of hydrogen-bond donors (Lipinski definition) is 1. The predicted molar refractivity (Wildman–Crippen MR) is 55.4 cm³/mol. The minimum Gasteiger partial charge on any atom is -0.494 e. The van der Waals surface area contributed by atoms with Crippen LogP contribution in [-0.4, -0.2) is 25.1 Å². The summed E-state index contributed by atoms with van der Waals surface area (Å²) in [5.41, 5.74) is 5.23. The maximum atomic E-state index is 11.3. The van der Waals surface area contributed by atoms with E-state index in [0.29, 0.717) is 0 Å². The van der Waals surface area contributed by atoms with Gasteiger partial charge in [0.15, 0.2) is 0 Å². The zero-order valence-corrected chi connectivity index (χ0v) is 8.72. The van der Waals surface area contributed by atoms with E-state index in [1.165, 1.54) is 7.11 Å². The van der Waals surface area contributed by atoms with Crippen LogP contribution in [0.4, 0.5) is 11.4 Å². The lowest BCUT2D eigenvalue weighted by atomic mass is 10.1. The van der Waals surface area contributed by atoms with Gasteiger partial charge < -0.3 is 15.2 Å². The molecule has 0 saturated carbocycles. The van der Waals surface area contributed by atoms with E-state index in [-0.39, 0.29) is 22.7 Å². The number of nitrogen functional groups attached to an aromatic ring is 1. The Kier molecular flexibility index (Phi) is 3.29. The van der Waals surface area contributed by atoms with Gasteiger partial charge in [0.05, 0.1) is 36.5 Å². The number of benzene rings is 1. The summed E-state index contributed by atoms with van der Waals surface area (Å²) in [5, 5.41) is 10.6. The summed E-state index contributed by atoms with van der Waals surface area (Å²) in [6, 6.07) is 2.19. The highest BCUT2D eigenvalue weighted by atomic mass is 16.6. The van der Waals surface area contributed by atoms with Gasteiger partial charge in [-0.1, -0.05) is 0 Å². The molecule has 86 valence electrons. The molecule has 7 heteroatoms. The van der Waals surface area contributed by atoms with Gasteiger partial charge in [0.2, 0.25) is 0 Å². The average molecular weight is 226 g/mol. The number of anilines is 1. The number of carbonyl (C=O) groups excluding carboxylic acids is 1. The number of nitrogens with zero attached hydrogens (tertiary/aromatic N) is 1. The van der Waals surface area contributed by atoms with Crippen molar-refractivity contribution in [3.63, 3.8) is 0 Å². The third-order valence-corrected chi connectivity index (χ3v) is 1.96. The number of nitrogens with two attached hydrogens (primary N) is 1. The van der Waals surface area contributed by atoms with E-state index in [9.17, 15) is 14.9 Å². The Morgan fingerprint density at radius 2 is 2.06 bits per heavy atom. The molecule has 1 aromatic carbocycles. The number of esters is 1. The molecule has 2 N–H and O–H groups in total.